The number of hydroxylamine groups is 2. The molecule has 0 aromatic heterocycles. The lowest BCUT2D eigenvalue weighted by Crippen LogP contribution is -2.43. The van der Waals surface area contributed by atoms with Crippen LogP contribution in [0.4, 0.5) is 22.0 Å². The van der Waals surface area contributed by atoms with Crippen LogP contribution in [0.1, 0.15) is 29.2 Å². The van der Waals surface area contributed by atoms with Crippen molar-refractivity contribution in [2.75, 3.05) is 21.3 Å². The fourth-order valence-electron chi connectivity index (χ4n) is 4.46. The Morgan fingerprint density at radius 3 is 2.28 bits per heavy atom. The van der Waals surface area contributed by atoms with Crippen molar-refractivity contribution in [3.63, 3.8) is 0 Å². The maximum atomic E-state index is 14.7. The molecule has 0 amide bonds. The van der Waals surface area contributed by atoms with Gasteiger partial charge >= 0.3 is 6.18 Å². The van der Waals surface area contributed by atoms with Crippen LogP contribution in [0.15, 0.2) is 60.7 Å². The topological polar surface area (TPSA) is 40.2 Å². The second-order valence-corrected chi connectivity index (χ2v) is 8.24. The number of hydrogen-bond donors (Lipinski definition) is 0. The number of benzene rings is 3. The average Bonchev–Trinajstić information content (AvgIpc) is 3.27. The highest BCUT2D eigenvalue weighted by molar-refractivity contribution is 5.42. The van der Waals surface area contributed by atoms with Gasteiger partial charge in [-0.15, -0.1) is 0 Å². The quantitative estimate of drug-likeness (QED) is 0.349. The van der Waals surface area contributed by atoms with E-state index in [2.05, 4.69) is 0 Å². The number of rotatable bonds is 7. The van der Waals surface area contributed by atoms with E-state index < -0.39 is 41.6 Å². The van der Waals surface area contributed by atoms with Crippen LogP contribution in [0.3, 0.4) is 0 Å². The van der Waals surface area contributed by atoms with Gasteiger partial charge in [0.15, 0.2) is 11.6 Å². The summed E-state index contributed by atoms with van der Waals surface area (Å²) in [5.74, 6) is -2.10. The van der Waals surface area contributed by atoms with Crippen LogP contribution in [0.2, 0.25) is 0 Å². The van der Waals surface area contributed by atoms with Gasteiger partial charge in [-0.3, -0.25) is 4.84 Å². The smallest absolute Gasteiger partial charge is 0.423 e. The molecule has 0 bridgehead atoms. The summed E-state index contributed by atoms with van der Waals surface area (Å²) in [5, 5.41) is 1.11. The number of nitrogens with zero attached hydrogens (tertiary/aromatic N) is 1. The third-order valence-corrected chi connectivity index (χ3v) is 6.26. The molecule has 1 aliphatic heterocycles. The first-order valence-electron chi connectivity index (χ1n) is 11.0. The van der Waals surface area contributed by atoms with Crippen LogP contribution in [-0.2, 0) is 17.0 Å². The molecule has 2 atom stereocenters. The molecule has 1 saturated heterocycles. The first-order chi connectivity index (χ1) is 17.1. The maximum Gasteiger partial charge on any atom is 0.423 e. The van der Waals surface area contributed by atoms with Crippen molar-refractivity contribution in [1.29, 1.82) is 0 Å². The molecule has 1 fully saturated rings. The molecule has 0 aliphatic carbocycles. The monoisotopic (exact) mass is 509 g/mol. The van der Waals surface area contributed by atoms with Crippen molar-refractivity contribution in [3.8, 4) is 17.2 Å². The van der Waals surface area contributed by atoms with E-state index in [4.69, 9.17) is 19.0 Å². The van der Waals surface area contributed by atoms with E-state index in [-0.39, 0.29) is 17.7 Å². The van der Waals surface area contributed by atoms with Crippen molar-refractivity contribution < 1.29 is 41.0 Å². The minimum atomic E-state index is -4.84. The fraction of sp³-hybridized carbons (Fsp3) is 0.308. The summed E-state index contributed by atoms with van der Waals surface area (Å²) in [7, 11) is 4.02. The van der Waals surface area contributed by atoms with Gasteiger partial charge in [-0.1, -0.05) is 42.5 Å². The molecule has 2 unspecified atom stereocenters. The molecule has 5 nitrogen and oxygen atoms in total. The summed E-state index contributed by atoms with van der Waals surface area (Å²) >= 11 is 0. The van der Waals surface area contributed by atoms with Crippen molar-refractivity contribution in [2.45, 2.75) is 30.8 Å². The summed E-state index contributed by atoms with van der Waals surface area (Å²) < 4.78 is 88.4. The standard InChI is InChI=1S/C26H24F5NO4/c1-33-18-10-9-16(22(13-18)34-2)15-32-21(19-11-12-20(27)23(28)24(19)35-3)14-25(36-32,26(29,30)31)17-7-5-4-6-8-17/h4-13,21H,14-15H2,1-3H3. The first-order valence-corrected chi connectivity index (χ1v) is 11.0. The van der Waals surface area contributed by atoms with Gasteiger partial charge in [0.25, 0.3) is 0 Å². The van der Waals surface area contributed by atoms with E-state index in [0.717, 1.165) is 18.2 Å². The Hall–Kier alpha value is -3.37. The number of methoxy groups -OCH3 is 3. The predicted molar refractivity (Wildman–Crippen MR) is 121 cm³/mol. The zero-order valence-electron chi connectivity index (χ0n) is 19.7. The number of hydrogen-bond acceptors (Lipinski definition) is 5. The lowest BCUT2D eigenvalue weighted by atomic mass is 9.85. The lowest BCUT2D eigenvalue weighted by molar-refractivity contribution is -0.330. The second-order valence-electron chi connectivity index (χ2n) is 8.24. The summed E-state index contributed by atoms with van der Waals surface area (Å²) in [6.07, 6.45) is -5.46. The largest absolute Gasteiger partial charge is 0.497 e. The molecule has 1 aliphatic rings. The zero-order chi connectivity index (χ0) is 26.1. The Morgan fingerprint density at radius 2 is 1.67 bits per heavy atom. The first kappa shape index (κ1) is 25.7. The molecule has 192 valence electrons. The van der Waals surface area contributed by atoms with Gasteiger partial charge < -0.3 is 14.2 Å². The Kier molecular flexibility index (Phi) is 7.10. The van der Waals surface area contributed by atoms with Crippen LogP contribution in [0, 0.1) is 11.6 Å². The van der Waals surface area contributed by atoms with E-state index in [0.29, 0.717) is 17.1 Å². The van der Waals surface area contributed by atoms with E-state index >= 15 is 0 Å². The molecule has 10 heteroatoms. The van der Waals surface area contributed by atoms with Gasteiger partial charge in [0, 0.05) is 23.6 Å². The highest BCUT2D eigenvalue weighted by atomic mass is 19.4. The number of ether oxygens (including phenoxy) is 3. The van der Waals surface area contributed by atoms with E-state index in [1.165, 1.54) is 44.6 Å². The van der Waals surface area contributed by atoms with E-state index in [9.17, 15) is 22.0 Å². The van der Waals surface area contributed by atoms with Crippen molar-refractivity contribution >= 4 is 0 Å². The summed E-state index contributed by atoms with van der Waals surface area (Å²) in [5.41, 5.74) is -2.34. The molecule has 0 N–H and O–H groups in total. The highest BCUT2D eigenvalue weighted by Gasteiger charge is 2.64. The number of alkyl halides is 3. The van der Waals surface area contributed by atoms with Gasteiger partial charge in [0.1, 0.15) is 11.5 Å². The average molecular weight is 509 g/mol. The normalized spacial score (nSPS) is 20.4. The fourth-order valence-corrected chi connectivity index (χ4v) is 4.46. The molecule has 0 saturated carbocycles. The van der Waals surface area contributed by atoms with Gasteiger partial charge in [-0.2, -0.15) is 22.6 Å². The van der Waals surface area contributed by atoms with E-state index in [1.807, 2.05) is 0 Å². The molecule has 3 aromatic rings. The number of halogens is 5. The Bertz CT molecular complexity index is 1220. The summed E-state index contributed by atoms with van der Waals surface area (Å²) in [6.45, 7) is -0.162. The molecule has 0 spiro atoms. The summed E-state index contributed by atoms with van der Waals surface area (Å²) in [4.78, 5) is 5.75. The van der Waals surface area contributed by atoms with Crippen LogP contribution < -0.4 is 14.2 Å². The van der Waals surface area contributed by atoms with Gasteiger partial charge in [0.05, 0.1) is 33.9 Å². The van der Waals surface area contributed by atoms with Gasteiger partial charge in [0.2, 0.25) is 11.4 Å². The third-order valence-electron chi connectivity index (χ3n) is 6.26. The highest BCUT2D eigenvalue weighted by Crippen LogP contribution is 2.56. The lowest BCUT2D eigenvalue weighted by Gasteiger charge is -2.31. The Morgan fingerprint density at radius 1 is 0.944 bits per heavy atom. The van der Waals surface area contributed by atoms with Gasteiger partial charge in [-0.05, 0) is 17.7 Å². The Labute approximate surface area is 204 Å². The van der Waals surface area contributed by atoms with Crippen molar-refractivity contribution in [2.24, 2.45) is 0 Å². The molecular formula is C26H24F5NO4. The predicted octanol–water partition coefficient (Wildman–Crippen LogP) is 6.33. The van der Waals surface area contributed by atoms with Gasteiger partial charge in [-0.25, -0.2) is 4.39 Å². The van der Waals surface area contributed by atoms with Crippen LogP contribution in [-0.4, -0.2) is 32.6 Å². The second kappa shape index (κ2) is 9.94. The molecule has 0 radical (unpaired) electrons. The van der Waals surface area contributed by atoms with Crippen LogP contribution >= 0.6 is 0 Å². The van der Waals surface area contributed by atoms with Crippen LogP contribution in [0.5, 0.6) is 17.2 Å². The molecule has 36 heavy (non-hydrogen) atoms. The summed E-state index contributed by atoms with van der Waals surface area (Å²) in [6, 6.07) is 13.0. The maximum absolute atomic E-state index is 14.7. The molecule has 3 aromatic carbocycles. The van der Waals surface area contributed by atoms with Crippen molar-refractivity contribution in [3.05, 3.63) is 89.0 Å². The van der Waals surface area contributed by atoms with Crippen LogP contribution in [0.25, 0.3) is 0 Å². The SMILES string of the molecule is COc1ccc(CN2OC(c3ccccc3)(C(F)(F)F)CC2c2ccc(F)c(F)c2OC)c(OC)c1. The zero-order valence-corrected chi connectivity index (χ0v) is 19.7. The third kappa shape index (κ3) is 4.46. The molecule has 1 heterocycles. The van der Waals surface area contributed by atoms with E-state index in [1.54, 1.807) is 24.3 Å². The van der Waals surface area contributed by atoms with Crippen molar-refractivity contribution in [1.82, 2.24) is 5.06 Å². The Balaban J connectivity index is 1.87. The molecular weight excluding hydrogens is 485 g/mol. The minimum Gasteiger partial charge on any atom is -0.497 e. The molecule has 4 rings (SSSR count). The minimum absolute atomic E-state index is 0.0194.